The van der Waals surface area contributed by atoms with E-state index in [0.717, 1.165) is 51.5 Å². The van der Waals surface area contributed by atoms with Crippen LogP contribution in [0.4, 0.5) is 8.78 Å². The van der Waals surface area contributed by atoms with Crippen molar-refractivity contribution in [2.45, 2.75) is 45.1 Å². The third-order valence-electron chi connectivity index (χ3n) is 4.12. The topological polar surface area (TPSA) is 21.3 Å². The molecule has 1 saturated heterocycles. The summed E-state index contributed by atoms with van der Waals surface area (Å²) in [5.41, 5.74) is 0.595. The largest absolute Gasteiger partial charge is 0.381 e. The fourth-order valence-electron chi connectivity index (χ4n) is 2.92. The molecule has 0 spiro atoms. The zero-order valence-electron chi connectivity index (χ0n) is 12.7. The first kappa shape index (κ1) is 16.4. The van der Waals surface area contributed by atoms with E-state index < -0.39 is 11.6 Å². The second-order valence-electron chi connectivity index (χ2n) is 5.88. The lowest BCUT2D eigenvalue weighted by Crippen LogP contribution is -2.35. The van der Waals surface area contributed by atoms with E-state index in [1.54, 1.807) is 6.07 Å². The van der Waals surface area contributed by atoms with E-state index in [1.807, 2.05) is 0 Å². The van der Waals surface area contributed by atoms with Crippen molar-refractivity contribution in [3.8, 4) is 0 Å². The number of hydrogen-bond acceptors (Lipinski definition) is 2. The highest BCUT2D eigenvalue weighted by Crippen LogP contribution is 2.22. The van der Waals surface area contributed by atoms with Gasteiger partial charge in [0.15, 0.2) is 0 Å². The number of nitrogens with one attached hydrogen (secondary N) is 1. The molecule has 1 unspecified atom stereocenters. The molecule has 2 rings (SSSR count). The van der Waals surface area contributed by atoms with Gasteiger partial charge in [0.1, 0.15) is 11.6 Å². The molecular weight excluding hydrogens is 272 g/mol. The van der Waals surface area contributed by atoms with Crippen LogP contribution in [0, 0.1) is 17.6 Å². The van der Waals surface area contributed by atoms with Crippen molar-refractivity contribution in [1.29, 1.82) is 0 Å². The van der Waals surface area contributed by atoms with E-state index in [2.05, 4.69) is 12.2 Å². The Labute approximate surface area is 125 Å². The van der Waals surface area contributed by atoms with Crippen molar-refractivity contribution in [2.24, 2.45) is 5.92 Å². The molecule has 0 aliphatic carbocycles. The summed E-state index contributed by atoms with van der Waals surface area (Å²) in [5.74, 6) is -0.319. The zero-order chi connectivity index (χ0) is 15.1. The third kappa shape index (κ3) is 5.36. The lowest BCUT2D eigenvalue weighted by Gasteiger charge is -2.27. The molecule has 1 fully saturated rings. The van der Waals surface area contributed by atoms with E-state index in [4.69, 9.17) is 4.74 Å². The second-order valence-corrected chi connectivity index (χ2v) is 5.88. The number of hydrogen-bond donors (Lipinski definition) is 1. The predicted octanol–water partition coefficient (Wildman–Crippen LogP) is 3.69. The number of benzene rings is 1. The molecule has 1 aliphatic rings. The maximum Gasteiger partial charge on any atom is 0.129 e. The molecule has 21 heavy (non-hydrogen) atoms. The highest BCUT2D eigenvalue weighted by atomic mass is 19.1. The maximum atomic E-state index is 13.8. The normalized spacial score (nSPS) is 17.9. The minimum atomic E-state index is -0.515. The lowest BCUT2D eigenvalue weighted by atomic mass is 9.89. The van der Waals surface area contributed by atoms with Gasteiger partial charge in [-0.05, 0) is 56.2 Å². The first-order valence-electron chi connectivity index (χ1n) is 7.94. The summed E-state index contributed by atoms with van der Waals surface area (Å²) in [6.45, 7) is 4.71. The Morgan fingerprint density at radius 2 is 2.05 bits per heavy atom. The molecule has 0 bridgehead atoms. The Bertz CT molecular complexity index is 433. The summed E-state index contributed by atoms with van der Waals surface area (Å²) < 4.78 is 32.2. The van der Waals surface area contributed by atoms with Gasteiger partial charge in [0.25, 0.3) is 0 Å². The fraction of sp³-hybridized carbons (Fsp3) is 0.647. The molecule has 1 atom stereocenters. The SMILES string of the molecule is CCCNC(Cc1ccc(F)cc1F)CC1CCOCC1. The minimum Gasteiger partial charge on any atom is -0.381 e. The molecule has 2 nitrogen and oxygen atoms in total. The summed E-state index contributed by atoms with van der Waals surface area (Å²) in [7, 11) is 0. The summed E-state index contributed by atoms with van der Waals surface area (Å²) in [6, 6.07) is 4.12. The van der Waals surface area contributed by atoms with Crippen LogP contribution in [0.3, 0.4) is 0 Å². The molecule has 0 amide bonds. The van der Waals surface area contributed by atoms with E-state index in [9.17, 15) is 8.78 Å². The second kappa shape index (κ2) is 8.44. The average Bonchev–Trinajstić information content (AvgIpc) is 2.48. The van der Waals surface area contributed by atoms with Crippen LogP contribution in [0.5, 0.6) is 0 Å². The van der Waals surface area contributed by atoms with E-state index in [0.29, 0.717) is 17.9 Å². The standard InChI is InChI=1S/C17H25F2NO/c1-2-7-20-16(10-13-5-8-21-9-6-13)11-14-3-4-15(18)12-17(14)19/h3-4,12-13,16,20H,2,5-11H2,1H3. The van der Waals surface area contributed by atoms with Crippen LogP contribution in [0.25, 0.3) is 0 Å². The average molecular weight is 297 g/mol. The molecule has 0 aromatic heterocycles. The quantitative estimate of drug-likeness (QED) is 0.828. The highest BCUT2D eigenvalue weighted by molar-refractivity contribution is 5.19. The maximum absolute atomic E-state index is 13.8. The minimum absolute atomic E-state index is 0.244. The molecule has 0 radical (unpaired) electrons. The van der Waals surface area contributed by atoms with Gasteiger partial charge in [-0.15, -0.1) is 0 Å². The monoisotopic (exact) mass is 297 g/mol. The fourth-order valence-corrected chi connectivity index (χ4v) is 2.92. The Balaban J connectivity index is 1.97. The Morgan fingerprint density at radius 3 is 2.71 bits per heavy atom. The molecule has 1 heterocycles. The first-order valence-corrected chi connectivity index (χ1v) is 7.94. The van der Waals surface area contributed by atoms with Crippen molar-refractivity contribution < 1.29 is 13.5 Å². The molecule has 118 valence electrons. The van der Waals surface area contributed by atoms with Crippen LogP contribution in [0.1, 0.15) is 38.2 Å². The van der Waals surface area contributed by atoms with Crippen LogP contribution in [-0.2, 0) is 11.2 Å². The van der Waals surface area contributed by atoms with E-state index in [1.165, 1.54) is 6.07 Å². The molecule has 1 N–H and O–H groups in total. The van der Waals surface area contributed by atoms with Crippen molar-refractivity contribution in [3.63, 3.8) is 0 Å². The van der Waals surface area contributed by atoms with Crippen molar-refractivity contribution >= 4 is 0 Å². The summed E-state index contributed by atoms with van der Waals surface area (Å²) in [6.07, 6.45) is 4.85. The number of rotatable bonds is 7. The molecular formula is C17H25F2NO. The van der Waals surface area contributed by atoms with E-state index >= 15 is 0 Å². The van der Waals surface area contributed by atoms with Gasteiger partial charge in [-0.2, -0.15) is 0 Å². The van der Waals surface area contributed by atoms with Crippen LogP contribution in [0.15, 0.2) is 18.2 Å². The zero-order valence-corrected chi connectivity index (χ0v) is 12.7. The van der Waals surface area contributed by atoms with Crippen LogP contribution in [-0.4, -0.2) is 25.8 Å². The molecule has 4 heteroatoms. The Morgan fingerprint density at radius 1 is 1.29 bits per heavy atom. The Kier molecular flexibility index (Phi) is 6.58. The molecule has 1 aliphatic heterocycles. The summed E-state index contributed by atoms with van der Waals surface area (Å²) in [4.78, 5) is 0. The number of ether oxygens (including phenoxy) is 1. The van der Waals surface area contributed by atoms with Gasteiger partial charge in [-0.25, -0.2) is 8.78 Å². The van der Waals surface area contributed by atoms with Crippen LogP contribution < -0.4 is 5.32 Å². The van der Waals surface area contributed by atoms with Gasteiger partial charge in [-0.3, -0.25) is 0 Å². The highest BCUT2D eigenvalue weighted by Gasteiger charge is 2.20. The van der Waals surface area contributed by atoms with Gasteiger partial charge in [0.05, 0.1) is 0 Å². The summed E-state index contributed by atoms with van der Waals surface area (Å²) >= 11 is 0. The first-order chi connectivity index (χ1) is 10.2. The van der Waals surface area contributed by atoms with Crippen LogP contribution in [0.2, 0.25) is 0 Å². The molecule has 1 aromatic rings. The van der Waals surface area contributed by atoms with Crippen molar-refractivity contribution in [1.82, 2.24) is 5.32 Å². The van der Waals surface area contributed by atoms with Gasteiger partial charge in [0.2, 0.25) is 0 Å². The van der Waals surface area contributed by atoms with Crippen LogP contribution >= 0.6 is 0 Å². The smallest absolute Gasteiger partial charge is 0.129 e. The third-order valence-corrected chi connectivity index (χ3v) is 4.12. The van der Waals surface area contributed by atoms with Gasteiger partial charge < -0.3 is 10.1 Å². The van der Waals surface area contributed by atoms with Crippen molar-refractivity contribution in [3.05, 3.63) is 35.4 Å². The predicted molar refractivity (Wildman–Crippen MR) is 80.3 cm³/mol. The summed E-state index contributed by atoms with van der Waals surface area (Å²) in [5, 5.41) is 3.51. The van der Waals surface area contributed by atoms with Gasteiger partial charge in [0, 0.05) is 25.3 Å². The van der Waals surface area contributed by atoms with Crippen molar-refractivity contribution in [2.75, 3.05) is 19.8 Å². The number of halogens is 2. The molecule has 0 saturated carbocycles. The lowest BCUT2D eigenvalue weighted by molar-refractivity contribution is 0.0605. The molecule has 1 aromatic carbocycles. The van der Waals surface area contributed by atoms with Gasteiger partial charge >= 0.3 is 0 Å². The Hall–Kier alpha value is -1.00. The van der Waals surface area contributed by atoms with E-state index in [-0.39, 0.29) is 6.04 Å². The van der Waals surface area contributed by atoms with Gasteiger partial charge in [-0.1, -0.05) is 13.0 Å².